The summed E-state index contributed by atoms with van der Waals surface area (Å²) in [6.45, 7) is -0.199. The van der Waals surface area contributed by atoms with Crippen LogP contribution in [-0.4, -0.2) is 22.7 Å². The molecule has 0 fully saturated rings. The summed E-state index contributed by atoms with van der Waals surface area (Å²) in [5.74, 6) is 0.547. The SMILES string of the molecule is O=C(COc1ccc(Cl)cc1)Nc1nnc(SCc2ccc(C(F)(F)F)cc2)s1. The molecule has 29 heavy (non-hydrogen) atoms. The van der Waals surface area contributed by atoms with Gasteiger partial charge in [0.1, 0.15) is 5.75 Å². The second kappa shape index (κ2) is 9.47. The van der Waals surface area contributed by atoms with Gasteiger partial charge in [-0.2, -0.15) is 13.2 Å². The summed E-state index contributed by atoms with van der Waals surface area (Å²) in [4.78, 5) is 11.9. The molecule has 152 valence electrons. The largest absolute Gasteiger partial charge is 0.484 e. The van der Waals surface area contributed by atoms with Crippen molar-refractivity contribution in [2.75, 3.05) is 11.9 Å². The maximum atomic E-state index is 12.6. The highest BCUT2D eigenvalue weighted by molar-refractivity contribution is 8.00. The summed E-state index contributed by atoms with van der Waals surface area (Å²) >= 11 is 8.26. The average Bonchev–Trinajstić information content (AvgIpc) is 3.13. The van der Waals surface area contributed by atoms with Gasteiger partial charge in [-0.05, 0) is 42.0 Å². The van der Waals surface area contributed by atoms with Crippen molar-refractivity contribution in [2.45, 2.75) is 16.3 Å². The topological polar surface area (TPSA) is 64.1 Å². The molecule has 0 aliphatic carbocycles. The zero-order chi connectivity index (χ0) is 20.9. The summed E-state index contributed by atoms with van der Waals surface area (Å²) < 4.78 is 43.6. The van der Waals surface area contributed by atoms with Gasteiger partial charge < -0.3 is 4.74 Å². The molecule has 1 heterocycles. The van der Waals surface area contributed by atoms with Crippen LogP contribution in [-0.2, 0) is 16.7 Å². The first-order valence-corrected chi connectivity index (χ1v) is 10.3. The first kappa shape index (κ1) is 21.4. The molecule has 0 radical (unpaired) electrons. The summed E-state index contributed by atoms with van der Waals surface area (Å²) in [6.07, 6.45) is -4.35. The zero-order valence-corrected chi connectivity index (χ0v) is 17.0. The van der Waals surface area contributed by atoms with Gasteiger partial charge in [0.2, 0.25) is 5.13 Å². The van der Waals surface area contributed by atoms with E-state index in [4.69, 9.17) is 16.3 Å². The molecule has 3 aromatic rings. The number of carbonyl (C=O) groups excluding carboxylic acids is 1. The van der Waals surface area contributed by atoms with Gasteiger partial charge >= 0.3 is 6.18 Å². The van der Waals surface area contributed by atoms with E-state index in [-0.39, 0.29) is 6.61 Å². The molecule has 3 rings (SSSR count). The molecular weight excluding hydrogens is 447 g/mol. The van der Waals surface area contributed by atoms with E-state index in [0.717, 1.165) is 17.7 Å². The fourth-order valence-corrected chi connectivity index (χ4v) is 3.94. The number of nitrogens with zero attached hydrogens (tertiary/aromatic N) is 2. The van der Waals surface area contributed by atoms with Crippen LogP contribution in [0.15, 0.2) is 52.9 Å². The summed E-state index contributed by atoms with van der Waals surface area (Å²) in [5.41, 5.74) is 0.0353. The third kappa shape index (κ3) is 6.62. The van der Waals surface area contributed by atoms with Gasteiger partial charge in [0.05, 0.1) is 5.56 Å². The van der Waals surface area contributed by atoms with Crippen molar-refractivity contribution in [3.63, 3.8) is 0 Å². The lowest BCUT2D eigenvalue weighted by molar-refractivity contribution is -0.137. The average molecular weight is 460 g/mol. The number of amides is 1. The van der Waals surface area contributed by atoms with Gasteiger partial charge in [-0.15, -0.1) is 10.2 Å². The Labute approximate surface area is 177 Å². The molecule has 0 spiro atoms. The molecule has 0 unspecified atom stereocenters. The van der Waals surface area contributed by atoms with Crippen molar-refractivity contribution < 1.29 is 22.7 Å². The smallest absolute Gasteiger partial charge is 0.416 e. The fourth-order valence-electron chi connectivity index (χ4n) is 2.09. The van der Waals surface area contributed by atoms with Crippen LogP contribution in [0.5, 0.6) is 5.75 Å². The third-order valence-electron chi connectivity index (χ3n) is 3.48. The van der Waals surface area contributed by atoms with Crippen molar-refractivity contribution in [3.05, 3.63) is 64.7 Å². The molecule has 0 atom stereocenters. The normalized spacial score (nSPS) is 11.3. The maximum absolute atomic E-state index is 12.6. The number of thioether (sulfide) groups is 1. The zero-order valence-electron chi connectivity index (χ0n) is 14.6. The molecule has 0 saturated carbocycles. The van der Waals surface area contributed by atoms with Crippen LogP contribution in [0.4, 0.5) is 18.3 Å². The van der Waals surface area contributed by atoms with Gasteiger partial charge in [0.25, 0.3) is 5.91 Å². The van der Waals surface area contributed by atoms with Crippen molar-refractivity contribution in [3.8, 4) is 5.75 Å². The molecule has 0 aliphatic heterocycles. The lowest BCUT2D eigenvalue weighted by Gasteiger charge is -2.06. The number of alkyl halides is 3. The van der Waals surface area contributed by atoms with E-state index >= 15 is 0 Å². The van der Waals surface area contributed by atoms with Gasteiger partial charge in [-0.25, -0.2) is 0 Å². The molecule has 0 aliphatic rings. The highest BCUT2D eigenvalue weighted by Crippen LogP contribution is 2.31. The molecule has 2 aromatic carbocycles. The quantitative estimate of drug-likeness (QED) is 0.372. The summed E-state index contributed by atoms with van der Waals surface area (Å²) in [7, 11) is 0. The van der Waals surface area contributed by atoms with E-state index in [1.165, 1.54) is 35.2 Å². The molecular formula is C18H13ClF3N3O2S2. The molecule has 11 heteroatoms. The van der Waals surface area contributed by atoms with Crippen molar-refractivity contribution in [2.24, 2.45) is 0 Å². The first-order valence-electron chi connectivity index (χ1n) is 8.10. The number of benzene rings is 2. The Kier molecular flexibility index (Phi) is 6.99. The first-order chi connectivity index (χ1) is 13.8. The van der Waals surface area contributed by atoms with Crippen molar-refractivity contribution in [1.82, 2.24) is 10.2 Å². The predicted molar refractivity (Wildman–Crippen MR) is 106 cm³/mol. The van der Waals surface area contributed by atoms with Crippen LogP contribution in [0.25, 0.3) is 0 Å². The Bertz CT molecular complexity index is 964. The van der Waals surface area contributed by atoms with Crippen molar-refractivity contribution in [1.29, 1.82) is 0 Å². The molecule has 5 nitrogen and oxygen atoms in total. The molecule has 0 bridgehead atoms. The number of anilines is 1. The van der Waals surface area contributed by atoms with E-state index in [9.17, 15) is 18.0 Å². The monoisotopic (exact) mass is 459 g/mol. The second-order valence-corrected chi connectivity index (χ2v) is 8.28. The molecule has 1 aromatic heterocycles. The minimum absolute atomic E-state index is 0.199. The number of hydrogen-bond acceptors (Lipinski definition) is 6. The Hall–Kier alpha value is -2.30. The predicted octanol–water partition coefficient (Wildman–Crippen LogP) is 5.52. The molecule has 0 saturated heterocycles. The highest BCUT2D eigenvalue weighted by Gasteiger charge is 2.29. The van der Waals surface area contributed by atoms with Crippen LogP contribution < -0.4 is 10.1 Å². The lowest BCUT2D eigenvalue weighted by Crippen LogP contribution is -2.20. The number of hydrogen-bond donors (Lipinski definition) is 1. The Morgan fingerprint density at radius 1 is 1.10 bits per heavy atom. The van der Waals surface area contributed by atoms with Crippen LogP contribution >= 0.6 is 34.7 Å². The Morgan fingerprint density at radius 2 is 1.79 bits per heavy atom. The number of rotatable bonds is 7. The van der Waals surface area contributed by atoms with E-state index in [1.54, 1.807) is 24.3 Å². The number of halogens is 4. The number of aromatic nitrogens is 2. The van der Waals surface area contributed by atoms with Crippen LogP contribution in [0, 0.1) is 0 Å². The molecule has 1 N–H and O–H groups in total. The Morgan fingerprint density at radius 3 is 2.45 bits per heavy atom. The molecule has 1 amide bonds. The number of carbonyl (C=O) groups is 1. The van der Waals surface area contributed by atoms with E-state index in [0.29, 0.717) is 26.0 Å². The fraction of sp³-hybridized carbons (Fsp3) is 0.167. The summed E-state index contributed by atoms with van der Waals surface area (Å²) in [6, 6.07) is 11.5. The van der Waals surface area contributed by atoms with Gasteiger partial charge in [0.15, 0.2) is 10.9 Å². The van der Waals surface area contributed by atoms with E-state index < -0.39 is 17.6 Å². The van der Waals surface area contributed by atoms with Crippen LogP contribution in [0.1, 0.15) is 11.1 Å². The number of nitrogens with one attached hydrogen (secondary N) is 1. The second-order valence-electron chi connectivity index (χ2n) is 5.65. The van der Waals surface area contributed by atoms with Crippen LogP contribution in [0.2, 0.25) is 5.02 Å². The lowest BCUT2D eigenvalue weighted by atomic mass is 10.1. The van der Waals surface area contributed by atoms with Gasteiger partial charge in [0, 0.05) is 10.8 Å². The third-order valence-corrected chi connectivity index (χ3v) is 5.78. The highest BCUT2D eigenvalue weighted by atomic mass is 35.5. The number of ether oxygens (including phenoxy) is 1. The Balaban J connectivity index is 1.46. The minimum Gasteiger partial charge on any atom is -0.484 e. The van der Waals surface area contributed by atoms with Crippen molar-refractivity contribution >= 4 is 45.7 Å². The standard InChI is InChI=1S/C18H13ClF3N3O2S2/c19-13-5-7-14(8-6-13)27-9-15(26)23-16-24-25-17(29-16)28-10-11-1-3-12(4-2-11)18(20,21)22/h1-8H,9-10H2,(H,23,24,26). The summed E-state index contributed by atoms with van der Waals surface area (Å²) in [5, 5.41) is 11.3. The van der Waals surface area contributed by atoms with E-state index in [2.05, 4.69) is 15.5 Å². The minimum atomic E-state index is -4.35. The van der Waals surface area contributed by atoms with Gasteiger partial charge in [-0.3, -0.25) is 10.1 Å². The van der Waals surface area contributed by atoms with Gasteiger partial charge in [-0.1, -0.05) is 46.8 Å². The maximum Gasteiger partial charge on any atom is 0.416 e. The van der Waals surface area contributed by atoms with Crippen LogP contribution in [0.3, 0.4) is 0 Å². The van der Waals surface area contributed by atoms with E-state index in [1.807, 2.05) is 0 Å².